The Hall–Kier alpha value is -2.08. The summed E-state index contributed by atoms with van der Waals surface area (Å²) in [6.07, 6.45) is 6.65. The summed E-state index contributed by atoms with van der Waals surface area (Å²) < 4.78 is 0. The van der Waals surface area contributed by atoms with Gasteiger partial charge in [-0.05, 0) is 50.4 Å². The Balaban J connectivity index is 1.97. The van der Waals surface area contributed by atoms with Gasteiger partial charge in [0.05, 0.1) is 11.4 Å². The van der Waals surface area contributed by atoms with Crippen molar-refractivity contribution in [1.82, 2.24) is 5.32 Å². The third-order valence-corrected chi connectivity index (χ3v) is 4.25. The summed E-state index contributed by atoms with van der Waals surface area (Å²) in [5.74, 6) is -0.0956. The van der Waals surface area contributed by atoms with E-state index >= 15 is 0 Å². The van der Waals surface area contributed by atoms with Gasteiger partial charge in [0, 0.05) is 12.5 Å². The molecule has 6 heteroatoms. The number of hydrogen-bond donors (Lipinski definition) is 4. The molecule has 1 aromatic rings. The number of benzene rings is 1. The average Bonchev–Trinajstić information content (AvgIpc) is 2.56. The molecule has 2 rings (SSSR count). The minimum atomic E-state index is -0.219. The Morgan fingerprint density at radius 3 is 2.58 bits per heavy atom. The first-order chi connectivity index (χ1) is 11.6. The largest absolute Gasteiger partial charge is 0.335 e. The van der Waals surface area contributed by atoms with Crippen LogP contribution < -0.4 is 21.7 Å². The van der Waals surface area contributed by atoms with Crippen molar-refractivity contribution in [3.8, 4) is 0 Å². The zero-order chi connectivity index (χ0) is 17.4. The average molecular weight is 332 g/mol. The normalized spacial score (nSPS) is 14.9. The van der Waals surface area contributed by atoms with Crippen LogP contribution in [-0.2, 0) is 4.79 Å². The zero-order valence-electron chi connectivity index (χ0n) is 14.4. The minimum Gasteiger partial charge on any atom is -0.335 e. The van der Waals surface area contributed by atoms with Crippen LogP contribution in [0.2, 0.25) is 0 Å². The molecular weight excluding hydrogens is 304 g/mol. The number of urea groups is 1. The van der Waals surface area contributed by atoms with Crippen molar-refractivity contribution < 1.29 is 9.59 Å². The van der Waals surface area contributed by atoms with Crippen molar-refractivity contribution >= 4 is 23.3 Å². The van der Waals surface area contributed by atoms with E-state index in [1.165, 1.54) is 6.42 Å². The van der Waals surface area contributed by atoms with Crippen LogP contribution in [0.4, 0.5) is 16.2 Å². The molecule has 0 bridgehead atoms. The fraction of sp³-hybridized carbons (Fsp3) is 0.556. The van der Waals surface area contributed by atoms with Gasteiger partial charge in [-0.25, -0.2) is 4.79 Å². The van der Waals surface area contributed by atoms with E-state index in [1.54, 1.807) is 0 Å². The Morgan fingerprint density at radius 2 is 1.88 bits per heavy atom. The fourth-order valence-corrected chi connectivity index (χ4v) is 2.94. The molecule has 0 heterocycles. The molecule has 0 unspecified atom stereocenters. The lowest BCUT2D eigenvalue weighted by molar-refractivity contribution is -0.116. The highest BCUT2D eigenvalue weighted by atomic mass is 16.2. The summed E-state index contributed by atoms with van der Waals surface area (Å²) in [6, 6.07) is 5.60. The van der Waals surface area contributed by atoms with Crippen molar-refractivity contribution in [2.24, 2.45) is 5.73 Å². The molecule has 5 N–H and O–H groups in total. The van der Waals surface area contributed by atoms with Gasteiger partial charge in [-0.1, -0.05) is 25.3 Å². The van der Waals surface area contributed by atoms with E-state index in [9.17, 15) is 9.59 Å². The van der Waals surface area contributed by atoms with Crippen LogP contribution in [0.5, 0.6) is 0 Å². The first-order valence-electron chi connectivity index (χ1n) is 8.76. The number of aryl methyl sites for hydroxylation is 1. The van der Waals surface area contributed by atoms with Gasteiger partial charge in [-0.3, -0.25) is 4.79 Å². The number of rotatable bonds is 6. The van der Waals surface area contributed by atoms with Crippen LogP contribution in [0.1, 0.15) is 50.5 Å². The highest BCUT2D eigenvalue weighted by Gasteiger charge is 2.16. The van der Waals surface area contributed by atoms with Gasteiger partial charge < -0.3 is 21.7 Å². The molecule has 24 heavy (non-hydrogen) atoms. The van der Waals surface area contributed by atoms with E-state index in [0.717, 1.165) is 31.2 Å². The van der Waals surface area contributed by atoms with Crippen molar-refractivity contribution in [3.63, 3.8) is 0 Å². The molecular formula is C18H28N4O2. The second kappa shape index (κ2) is 9.27. The van der Waals surface area contributed by atoms with Crippen LogP contribution in [0.15, 0.2) is 18.2 Å². The lowest BCUT2D eigenvalue weighted by Crippen LogP contribution is -2.39. The molecule has 1 aliphatic rings. The van der Waals surface area contributed by atoms with Crippen molar-refractivity contribution in [2.75, 3.05) is 17.2 Å². The van der Waals surface area contributed by atoms with E-state index in [-0.39, 0.29) is 18.0 Å². The molecule has 0 atom stereocenters. The predicted octanol–water partition coefficient (Wildman–Crippen LogP) is 3.13. The quantitative estimate of drug-likeness (QED) is 0.644. The van der Waals surface area contributed by atoms with Gasteiger partial charge >= 0.3 is 6.03 Å². The third kappa shape index (κ3) is 5.85. The number of carbonyl (C=O) groups is 2. The van der Waals surface area contributed by atoms with Crippen LogP contribution in [0, 0.1) is 6.92 Å². The zero-order valence-corrected chi connectivity index (χ0v) is 14.4. The molecule has 0 aliphatic heterocycles. The molecule has 1 saturated carbocycles. The topological polar surface area (TPSA) is 96.2 Å². The fourth-order valence-electron chi connectivity index (χ4n) is 2.94. The van der Waals surface area contributed by atoms with Crippen LogP contribution >= 0.6 is 0 Å². The monoisotopic (exact) mass is 332 g/mol. The van der Waals surface area contributed by atoms with Gasteiger partial charge in [0.15, 0.2) is 0 Å². The summed E-state index contributed by atoms with van der Waals surface area (Å²) in [7, 11) is 0. The van der Waals surface area contributed by atoms with Gasteiger partial charge in [0.25, 0.3) is 0 Å². The van der Waals surface area contributed by atoms with Crippen molar-refractivity contribution in [1.29, 1.82) is 0 Å². The molecule has 1 aliphatic carbocycles. The lowest BCUT2D eigenvalue weighted by Gasteiger charge is -2.23. The van der Waals surface area contributed by atoms with E-state index in [0.29, 0.717) is 30.8 Å². The molecule has 6 nitrogen and oxygen atoms in total. The lowest BCUT2D eigenvalue weighted by atomic mass is 9.96. The van der Waals surface area contributed by atoms with E-state index in [2.05, 4.69) is 16.0 Å². The Morgan fingerprint density at radius 1 is 1.12 bits per heavy atom. The highest BCUT2D eigenvalue weighted by Crippen LogP contribution is 2.24. The maximum atomic E-state index is 12.2. The Bertz CT molecular complexity index is 568. The summed E-state index contributed by atoms with van der Waals surface area (Å²) in [5, 5.41) is 8.73. The van der Waals surface area contributed by atoms with Gasteiger partial charge in [-0.2, -0.15) is 0 Å². The first-order valence-corrected chi connectivity index (χ1v) is 8.76. The summed E-state index contributed by atoms with van der Waals surface area (Å²) in [6.45, 7) is 2.43. The third-order valence-electron chi connectivity index (χ3n) is 4.25. The summed E-state index contributed by atoms with van der Waals surface area (Å²) in [4.78, 5) is 24.2. The van der Waals surface area contributed by atoms with Crippen LogP contribution in [0.25, 0.3) is 0 Å². The molecule has 132 valence electrons. The molecule has 1 aromatic carbocycles. The van der Waals surface area contributed by atoms with Gasteiger partial charge in [0.1, 0.15) is 0 Å². The summed E-state index contributed by atoms with van der Waals surface area (Å²) >= 11 is 0. The highest BCUT2D eigenvalue weighted by molar-refractivity contribution is 5.99. The maximum absolute atomic E-state index is 12.2. The smallest absolute Gasteiger partial charge is 0.319 e. The van der Waals surface area contributed by atoms with E-state index in [4.69, 9.17) is 5.73 Å². The predicted molar refractivity (Wildman–Crippen MR) is 97.1 cm³/mol. The number of anilines is 2. The van der Waals surface area contributed by atoms with E-state index < -0.39 is 0 Å². The van der Waals surface area contributed by atoms with Crippen LogP contribution in [-0.4, -0.2) is 24.5 Å². The Kier molecular flexibility index (Phi) is 7.06. The molecule has 0 radical (unpaired) electrons. The number of nitrogens with one attached hydrogen (secondary N) is 3. The SMILES string of the molecule is Cc1ccc(NC(=O)NC2CCCCC2)c(NC(=O)CCCN)c1. The molecule has 0 aromatic heterocycles. The first kappa shape index (κ1) is 18.3. The molecule has 0 saturated heterocycles. The second-order valence-electron chi connectivity index (χ2n) is 6.42. The minimum absolute atomic E-state index is 0.0956. The van der Waals surface area contributed by atoms with Gasteiger partial charge in [0.2, 0.25) is 5.91 Å². The van der Waals surface area contributed by atoms with Crippen LogP contribution in [0.3, 0.4) is 0 Å². The number of amides is 3. The number of nitrogens with two attached hydrogens (primary N) is 1. The molecule has 3 amide bonds. The van der Waals surface area contributed by atoms with E-state index in [1.807, 2.05) is 25.1 Å². The van der Waals surface area contributed by atoms with Crippen molar-refractivity contribution in [2.45, 2.75) is 57.9 Å². The molecule has 0 spiro atoms. The number of hydrogen-bond acceptors (Lipinski definition) is 3. The van der Waals surface area contributed by atoms with Gasteiger partial charge in [-0.15, -0.1) is 0 Å². The Labute approximate surface area is 143 Å². The number of carbonyl (C=O) groups excluding carboxylic acids is 2. The summed E-state index contributed by atoms with van der Waals surface area (Å²) in [5.41, 5.74) is 7.68. The maximum Gasteiger partial charge on any atom is 0.319 e. The van der Waals surface area contributed by atoms with Crippen molar-refractivity contribution in [3.05, 3.63) is 23.8 Å². The second-order valence-corrected chi connectivity index (χ2v) is 6.42. The standard InChI is InChI=1S/C18H28N4O2/c1-13-9-10-15(16(12-13)21-17(23)8-5-11-19)22-18(24)20-14-6-3-2-4-7-14/h9-10,12,14H,2-8,11,19H2,1H3,(H,21,23)(H2,20,22,24). The molecule has 1 fully saturated rings.